The van der Waals surface area contributed by atoms with E-state index in [1.165, 1.54) is 0 Å². The summed E-state index contributed by atoms with van der Waals surface area (Å²) in [7, 11) is 0. The van der Waals surface area contributed by atoms with E-state index in [2.05, 4.69) is 25.2 Å². The topological polar surface area (TPSA) is 74.7 Å². The van der Waals surface area contributed by atoms with Crippen LogP contribution in [0.4, 0.5) is 5.95 Å². The molecule has 1 saturated heterocycles. The zero-order valence-electron chi connectivity index (χ0n) is 10.6. The fourth-order valence-corrected chi connectivity index (χ4v) is 2.49. The molecule has 3 N–H and O–H groups in total. The van der Waals surface area contributed by atoms with E-state index < -0.39 is 0 Å². The van der Waals surface area contributed by atoms with Gasteiger partial charge in [0.2, 0.25) is 5.95 Å². The molecule has 1 aliphatic heterocycles. The quantitative estimate of drug-likeness (QED) is 0.779. The summed E-state index contributed by atoms with van der Waals surface area (Å²) in [4.78, 5) is 19.1. The number of carbonyl (C=O) groups excluding carboxylic acids is 1. The van der Waals surface area contributed by atoms with Gasteiger partial charge in [-0.2, -0.15) is 0 Å². The minimum absolute atomic E-state index is 0.126. The number of aromatic nitrogens is 3. The largest absolute Gasteiger partial charge is 0.340 e. The van der Waals surface area contributed by atoms with Crippen molar-refractivity contribution >= 4 is 11.9 Å². The van der Waals surface area contributed by atoms with Gasteiger partial charge in [-0.15, -0.1) is 0 Å². The number of hydrogen-bond donors (Lipinski definition) is 3. The van der Waals surface area contributed by atoms with Crippen LogP contribution in [0.2, 0.25) is 0 Å². The number of imidazole rings is 1. The van der Waals surface area contributed by atoms with Gasteiger partial charge in [0.05, 0.1) is 0 Å². The van der Waals surface area contributed by atoms with Crippen LogP contribution in [-0.2, 0) is 0 Å². The fourth-order valence-electron chi connectivity index (χ4n) is 2.49. The van der Waals surface area contributed by atoms with Crippen molar-refractivity contribution < 1.29 is 4.79 Å². The van der Waals surface area contributed by atoms with Gasteiger partial charge in [0.15, 0.2) is 0 Å². The summed E-state index contributed by atoms with van der Waals surface area (Å²) in [5.74, 6) is 0.349. The first-order valence-electron chi connectivity index (χ1n) is 6.53. The second-order valence-corrected chi connectivity index (χ2v) is 4.67. The van der Waals surface area contributed by atoms with E-state index in [0.29, 0.717) is 17.7 Å². The van der Waals surface area contributed by atoms with Gasteiger partial charge in [-0.05, 0) is 38.1 Å². The van der Waals surface area contributed by atoms with Gasteiger partial charge >= 0.3 is 0 Å². The number of anilines is 1. The second-order valence-electron chi connectivity index (χ2n) is 4.67. The molecule has 0 atom stereocenters. The lowest BCUT2D eigenvalue weighted by Crippen LogP contribution is -2.31. The van der Waals surface area contributed by atoms with E-state index in [-0.39, 0.29) is 5.91 Å². The first-order valence-corrected chi connectivity index (χ1v) is 6.53. The van der Waals surface area contributed by atoms with Crippen LogP contribution >= 0.6 is 0 Å². The Balaban J connectivity index is 1.77. The van der Waals surface area contributed by atoms with E-state index in [0.717, 1.165) is 25.9 Å². The summed E-state index contributed by atoms with van der Waals surface area (Å²) in [5, 5.41) is 6.09. The van der Waals surface area contributed by atoms with E-state index in [1.807, 2.05) is 18.3 Å². The van der Waals surface area contributed by atoms with Gasteiger partial charge in [-0.3, -0.25) is 10.1 Å². The van der Waals surface area contributed by atoms with E-state index in [9.17, 15) is 4.79 Å². The van der Waals surface area contributed by atoms with Crippen molar-refractivity contribution in [3.8, 4) is 0 Å². The number of piperidine rings is 1. The highest BCUT2D eigenvalue weighted by Gasteiger charge is 2.20. The summed E-state index contributed by atoms with van der Waals surface area (Å²) >= 11 is 0. The lowest BCUT2D eigenvalue weighted by atomic mass is 10.1. The number of rotatable bonds is 3. The van der Waals surface area contributed by atoms with Crippen molar-refractivity contribution in [1.82, 2.24) is 19.9 Å². The molecule has 1 aliphatic rings. The number of H-pyrrole nitrogens is 1. The number of aromatic amines is 1. The summed E-state index contributed by atoms with van der Waals surface area (Å²) < 4.78 is 2.07. The van der Waals surface area contributed by atoms with E-state index in [4.69, 9.17) is 0 Å². The molecule has 3 heterocycles. The van der Waals surface area contributed by atoms with Gasteiger partial charge < -0.3 is 14.9 Å². The van der Waals surface area contributed by atoms with Gasteiger partial charge in [0, 0.05) is 24.6 Å². The standard InChI is InChI=1S/C13H17N5O/c19-12(17-13-15-7-8-16-13)11-2-1-9-18(11)10-3-5-14-6-4-10/h1-2,7-10,14H,3-6H2,(H2,15,16,17,19). The zero-order chi connectivity index (χ0) is 13.1. The minimum atomic E-state index is -0.126. The van der Waals surface area contributed by atoms with Crippen LogP contribution in [0.25, 0.3) is 0 Å². The average Bonchev–Trinajstić information content (AvgIpc) is 3.10. The molecule has 2 aromatic rings. The van der Waals surface area contributed by atoms with Gasteiger partial charge in [0.25, 0.3) is 5.91 Å². The maximum atomic E-state index is 12.2. The molecular formula is C13H17N5O. The minimum Gasteiger partial charge on any atom is -0.340 e. The lowest BCUT2D eigenvalue weighted by molar-refractivity contribution is 0.101. The van der Waals surface area contributed by atoms with Crippen molar-refractivity contribution in [2.24, 2.45) is 0 Å². The Morgan fingerprint density at radius 1 is 1.42 bits per heavy atom. The Morgan fingerprint density at radius 2 is 2.26 bits per heavy atom. The molecule has 19 heavy (non-hydrogen) atoms. The van der Waals surface area contributed by atoms with Crippen molar-refractivity contribution in [3.63, 3.8) is 0 Å². The van der Waals surface area contributed by atoms with E-state index >= 15 is 0 Å². The summed E-state index contributed by atoms with van der Waals surface area (Å²) in [6.07, 6.45) is 7.38. The Morgan fingerprint density at radius 3 is 3.00 bits per heavy atom. The van der Waals surface area contributed by atoms with E-state index in [1.54, 1.807) is 12.4 Å². The predicted octanol–water partition coefficient (Wildman–Crippen LogP) is 1.39. The third kappa shape index (κ3) is 2.53. The van der Waals surface area contributed by atoms with Crippen LogP contribution in [0.1, 0.15) is 29.4 Å². The van der Waals surface area contributed by atoms with Crippen molar-refractivity contribution in [2.45, 2.75) is 18.9 Å². The molecular weight excluding hydrogens is 242 g/mol. The molecule has 2 aromatic heterocycles. The number of nitrogens with zero attached hydrogens (tertiary/aromatic N) is 2. The molecule has 0 saturated carbocycles. The Kier molecular flexibility index (Phi) is 3.33. The predicted molar refractivity (Wildman–Crippen MR) is 72.1 cm³/mol. The Bertz CT molecular complexity index is 539. The number of nitrogens with one attached hydrogen (secondary N) is 3. The third-order valence-electron chi connectivity index (χ3n) is 3.44. The van der Waals surface area contributed by atoms with Crippen LogP contribution in [-0.4, -0.2) is 33.5 Å². The Labute approximate surface area is 111 Å². The summed E-state index contributed by atoms with van der Waals surface area (Å²) in [5.41, 5.74) is 0.684. The highest BCUT2D eigenvalue weighted by Crippen LogP contribution is 2.21. The van der Waals surface area contributed by atoms with Crippen LogP contribution in [0.15, 0.2) is 30.7 Å². The molecule has 0 radical (unpaired) electrons. The molecule has 0 unspecified atom stereocenters. The van der Waals surface area contributed by atoms with Gasteiger partial charge in [-0.1, -0.05) is 0 Å². The number of carbonyl (C=O) groups is 1. The smallest absolute Gasteiger partial charge is 0.274 e. The third-order valence-corrected chi connectivity index (χ3v) is 3.44. The Hall–Kier alpha value is -2.08. The molecule has 1 amide bonds. The second kappa shape index (κ2) is 5.27. The zero-order valence-corrected chi connectivity index (χ0v) is 10.6. The molecule has 6 heteroatoms. The summed E-state index contributed by atoms with van der Waals surface area (Å²) in [6, 6.07) is 4.16. The monoisotopic (exact) mass is 259 g/mol. The number of hydrogen-bond acceptors (Lipinski definition) is 3. The molecule has 1 fully saturated rings. The van der Waals surface area contributed by atoms with Crippen LogP contribution in [0, 0.1) is 0 Å². The average molecular weight is 259 g/mol. The molecule has 0 bridgehead atoms. The van der Waals surface area contributed by atoms with Crippen LogP contribution in [0.3, 0.4) is 0 Å². The first-order chi connectivity index (χ1) is 9.34. The van der Waals surface area contributed by atoms with Crippen LogP contribution < -0.4 is 10.6 Å². The van der Waals surface area contributed by atoms with Gasteiger partial charge in [-0.25, -0.2) is 4.98 Å². The lowest BCUT2D eigenvalue weighted by Gasteiger charge is -2.25. The molecule has 3 rings (SSSR count). The SMILES string of the molecule is O=C(Nc1ncc[nH]1)c1cccn1C1CCNCC1. The molecule has 0 aromatic carbocycles. The maximum Gasteiger partial charge on any atom is 0.274 e. The highest BCUT2D eigenvalue weighted by atomic mass is 16.2. The highest BCUT2D eigenvalue weighted by molar-refractivity contribution is 6.02. The molecule has 100 valence electrons. The van der Waals surface area contributed by atoms with Crippen molar-refractivity contribution in [2.75, 3.05) is 18.4 Å². The van der Waals surface area contributed by atoms with Crippen LogP contribution in [0.5, 0.6) is 0 Å². The van der Waals surface area contributed by atoms with Gasteiger partial charge in [0.1, 0.15) is 5.69 Å². The number of amides is 1. The summed E-state index contributed by atoms with van der Waals surface area (Å²) in [6.45, 7) is 2.00. The molecule has 6 nitrogen and oxygen atoms in total. The molecule has 0 aliphatic carbocycles. The molecule has 0 spiro atoms. The maximum absolute atomic E-state index is 12.2. The first kappa shape index (κ1) is 12.0. The fraction of sp³-hybridized carbons (Fsp3) is 0.385. The normalized spacial score (nSPS) is 16.4. The van der Waals surface area contributed by atoms with Crippen molar-refractivity contribution in [1.29, 1.82) is 0 Å². The van der Waals surface area contributed by atoms with Crippen molar-refractivity contribution in [3.05, 3.63) is 36.4 Å².